The molecule has 0 saturated carbocycles. The third-order valence-corrected chi connectivity index (χ3v) is 2.97. The SMILES string of the molecule is Cc1cccc(C)c1CNC(C)CC(C)O. The lowest BCUT2D eigenvalue weighted by molar-refractivity contribution is 0.170. The first kappa shape index (κ1) is 13.2. The summed E-state index contributed by atoms with van der Waals surface area (Å²) in [6, 6.07) is 6.72. The van der Waals surface area contributed by atoms with E-state index < -0.39 is 0 Å². The summed E-state index contributed by atoms with van der Waals surface area (Å²) in [6.45, 7) is 9.11. The van der Waals surface area contributed by atoms with Crippen LogP contribution in [0.25, 0.3) is 0 Å². The van der Waals surface area contributed by atoms with Gasteiger partial charge in [-0.1, -0.05) is 18.2 Å². The second-order valence-corrected chi connectivity index (χ2v) is 4.74. The number of benzene rings is 1. The molecule has 2 unspecified atom stereocenters. The van der Waals surface area contributed by atoms with Gasteiger partial charge in [-0.05, 0) is 50.8 Å². The van der Waals surface area contributed by atoms with E-state index >= 15 is 0 Å². The van der Waals surface area contributed by atoms with Crippen LogP contribution in [-0.2, 0) is 6.54 Å². The van der Waals surface area contributed by atoms with Crippen molar-refractivity contribution in [2.24, 2.45) is 0 Å². The van der Waals surface area contributed by atoms with Crippen LogP contribution >= 0.6 is 0 Å². The summed E-state index contributed by atoms with van der Waals surface area (Å²) in [5.41, 5.74) is 4.04. The minimum absolute atomic E-state index is 0.236. The Balaban J connectivity index is 2.54. The molecular weight excluding hydrogens is 198 g/mol. The highest BCUT2D eigenvalue weighted by molar-refractivity contribution is 5.33. The van der Waals surface area contributed by atoms with E-state index in [2.05, 4.69) is 44.3 Å². The molecule has 2 atom stereocenters. The lowest BCUT2D eigenvalue weighted by atomic mass is 10.0. The van der Waals surface area contributed by atoms with Crippen molar-refractivity contribution in [3.05, 3.63) is 34.9 Å². The quantitative estimate of drug-likeness (QED) is 0.801. The average molecular weight is 221 g/mol. The third-order valence-electron chi connectivity index (χ3n) is 2.97. The van der Waals surface area contributed by atoms with E-state index in [1.54, 1.807) is 0 Å². The van der Waals surface area contributed by atoms with Crippen molar-refractivity contribution in [2.45, 2.75) is 52.8 Å². The fourth-order valence-corrected chi connectivity index (χ4v) is 2.00. The molecule has 0 aliphatic heterocycles. The Morgan fingerprint density at radius 1 is 1.19 bits per heavy atom. The normalized spacial score (nSPS) is 14.8. The summed E-state index contributed by atoms with van der Waals surface area (Å²) in [5, 5.41) is 12.7. The van der Waals surface area contributed by atoms with E-state index in [0.717, 1.165) is 13.0 Å². The minimum atomic E-state index is -0.236. The smallest absolute Gasteiger partial charge is 0.0526 e. The van der Waals surface area contributed by atoms with Crippen molar-refractivity contribution in [1.29, 1.82) is 0 Å². The maximum atomic E-state index is 9.29. The van der Waals surface area contributed by atoms with E-state index in [9.17, 15) is 5.11 Å². The van der Waals surface area contributed by atoms with Crippen LogP contribution in [0.2, 0.25) is 0 Å². The largest absolute Gasteiger partial charge is 0.393 e. The first-order valence-corrected chi connectivity index (χ1v) is 5.97. The standard InChI is InChI=1S/C14H23NO/c1-10-6-5-7-11(2)14(10)9-15-12(3)8-13(4)16/h5-7,12-13,15-16H,8-9H2,1-4H3. The van der Waals surface area contributed by atoms with E-state index in [1.165, 1.54) is 16.7 Å². The summed E-state index contributed by atoms with van der Waals surface area (Å²) in [7, 11) is 0. The fraction of sp³-hybridized carbons (Fsp3) is 0.571. The van der Waals surface area contributed by atoms with Gasteiger partial charge in [0.1, 0.15) is 0 Å². The fourth-order valence-electron chi connectivity index (χ4n) is 2.00. The van der Waals surface area contributed by atoms with Crippen LogP contribution in [0.4, 0.5) is 0 Å². The minimum Gasteiger partial charge on any atom is -0.393 e. The number of aliphatic hydroxyl groups excluding tert-OH is 1. The molecular formula is C14H23NO. The maximum Gasteiger partial charge on any atom is 0.0526 e. The highest BCUT2D eigenvalue weighted by Gasteiger charge is 2.07. The summed E-state index contributed by atoms with van der Waals surface area (Å²) in [4.78, 5) is 0. The molecule has 0 heterocycles. The van der Waals surface area contributed by atoms with Crippen molar-refractivity contribution < 1.29 is 5.11 Å². The molecule has 0 radical (unpaired) electrons. The second-order valence-electron chi connectivity index (χ2n) is 4.74. The van der Waals surface area contributed by atoms with Crippen LogP contribution in [0, 0.1) is 13.8 Å². The molecule has 0 bridgehead atoms. The van der Waals surface area contributed by atoms with E-state index in [4.69, 9.17) is 0 Å². The average Bonchev–Trinajstić information content (AvgIpc) is 2.15. The van der Waals surface area contributed by atoms with E-state index in [1.807, 2.05) is 6.92 Å². The van der Waals surface area contributed by atoms with Crippen molar-refractivity contribution in [3.8, 4) is 0 Å². The Morgan fingerprint density at radius 2 is 1.75 bits per heavy atom. The number of rotatable bonds is 5. The van der Waals surface area contributed by atoms with Crippen molar-refractivity contribution in [2.75, 3.05) is 0 Å². The molecule has 0 aliphatic rings. The van der Waals surface area contributed by atoms with Gasteiger partial charge in [-0.2, -0.15) is 0 Å². The predicted octanol–water partition coefficient (Wildman–Crippen LogP) is 2.55. The molecule has 90 valence electrons. The Morgan fingerprint density at radius 3 is 2.25 bits per heavy atom. The van der Waals surface area contributed by atoms with Crippen molar-refractivity contribution in [1.82, 2.24) is 5.32 Å². The molecule has 2 nitrogen and oxygen atoms in total. The molecule has 0 aromatic heterocycles. The molecule has 0 aliphatic carbocycles. The van der Waals surface area contributed by atoms with E-state index in [-0.39, 0.29) is 6.10 Å². The molecule has 1 aromatic carbocycles. The van der Waals surface area contributed by atoms with Gasteiger partial charge in [0.25, 0.3) is 0 Å². The van der Waals surface area contributed by atoms with Gasteiger partial charge in [0.05, 0.1) is 6.10 Å². The summed E-state index contributed by atoms with van der Waals surface area (Å²) >= 11 is 0. The second kappa shape index (κ2) is 6.02. The van der Waals surface area contributed by atoms with E-state index in [0.29, 0.717) is 6.04 Å². The lowest BCUT2D eigenvalue weighted by Gasteiger charge is -2.17. The molecule has 16 heavy (non-hydrogen) atoms. The Hall–Kier alpha value is -0.860. The molecule has 0 spiro atoms. The monoisotopic (exact) mass is 221 g/mol. The van der Waals surface area contributed by atoms with Gasteiger partial charge < -0.3 is 10.4 Å². The third kappa shape index (κ3) is 3.95. The number of aliphatic hydroxyl groups is 1. The molecule has 0 saturated heterocycles. The first-order chi connectivity index (χ1) is 7.50. The van der Waals surface area contributed by atoms with Gasteiger partial charge >= 0.3 is 0 Å². The highest BCUT2D eigenvalue weighted by atomic mass is 16.3. The Labute approximate surface area is 98.7 Å². The van der Waals surface area contributed by atoms with Gasteiger partial charge in [0.2, 0.25) is 0 Å². The van der Waals surface area contributed by atoms with Gasteiger partial charge in [-0.25, -0.2) is 0 Å². The van der Waals surface area contributed by atoms with Gasteiger partial charge in [-0.15, -0.1) is 0 Å². The molecule has 2 N–H and O–H groups in total. The van der Waals surface area contributed by atoms with Crippen LogP contribution < -0.4 is 5.32 Å². The van der Waals surface area contributed by atoms with Crippen LogP contribution in [-0.4, -0.2) is 17.3 Å². The molecule has 1 aromatic rings. The summed E-state index contributed by atoms with van der Waals surface area (Å²) < 4.78 is 0. The topological polar surface area (TPSA) is 32.3 Å². The molecule has 0 amide bonds. The van der Waals surface area contributed by atoms with Crippen LogP contribution in [0.5, 0.6) is 0 Å². The zero-order valence-corrected chi connectivity index (χ0v) is 10.7. The van der Waals surface area contributed by atoms with Crippen molar-refractivity contribution >= 4 is 0 Å². The van der Waals surface area contributed by atoms with Crippen LogP contribution in [0.1, 0.15) is 37.0 Å². The molecule has 1 rings (SSSR count). The Bertz CT molecular complexity index is 313. The summed E-state index contributed by atoms with van der Waals surface area (Å²) in [5.74, 6) is 0. The zero-order chi connectivity index (χ0) is 12.1. The number of aryl methyl sites for hydroxylation is 2. The number of hydrogen-bond donors (Lipinski definition) is 2. The lowest BCUT2D eigenvalue weighted by Crippen LogP contribution is -2.29. The summed E-state index contributed by atoms with van der Waals surface area (Å²) in [6.07, 6.45) is 0.561. The van der Waals surface area contributed by atoms with Gasteiger partial charge in [-0.3, -0.25) is 0 Å². The van der Waals surface area contributed by atoms with Crippen LogP contribution in [0.3, 0.4) is 0 Å². The van der Waals surface area contributed by atoms with Crippen molar-refractivity contribution in [3.63, 3.8) is 0 Å². The number of hydrogen-bond acceptors (Lipinski definition) is 2. The first-order valence-electron chi connectivity index (χ1n) is 5.97. The molecule has 2 heteroatoms. The Kier molecular flexibility index (Phi) is 4.97. The predicted molar refractivity (Wildman–Crippen MR) is 68.5 cm³/mol. The molecule has 0 fully saturated rings. The highest BCUT2D eigenvalue weighted by Crippen LogP contribution is 2.13. The van der Waals surface area contributed by atoms with Crippen LogP contribution in [0.15, 0.2) is 18.2 Å². The number of nitrogens with one attached hydrogen (secondary N) is 1. The van der Waals surface area contributed by atoms with Gasteiger partial charge in [0, 0.05) is 12.6 Å². The van der Waals surface area contributed by atoms with Gasteiger partial charge in [0.15, 0.2) is 0 Å². The zero-order valence-electron chi connectivity index (χ0n) is 10.7. The maximum absolute atomic E-state index is 9.29.